The molecule has 6 nitrogen and oxygen atoms in total. The number of hydrogen-bond acceptors (Lipinski definition) is 4. The number of nitrogens with zero attached hydrogens (tertiary/aromatic N) is 2. The van der Waals surface area contributed by atoms with Gasteiger partial charge >= 0.3 is 5.97 Å². The van der Waals surface area contributed by atoms with Crippen LogP contribution in [0.1, 0.15) is 36.3 Å². The van der Waals surface area contributed by atoms with Crippen LogP contribution in [0, 0.1) is 0 Å². The Balaban J connectivity index is 1.81. The van der Waals surface area contributed by atoms with Gasteiger partial charge < -0.3 is 19.9 Å². The van der Waals surface area contributed by atoms with E-state index in [1.807, 2.05) is 36.5 Å². The van der Waals surface area contributed by atoms with Crippen molar-refractivity contribution in [3.05, 3.63) is 54.1 Å². The zero-order valence-corrected chi connectivity index (χ0v) is 14.3. The molecule has 7 heteroatoms. The third-order valence-corrected chi connectivity index (χ3v) is 4.50. The van der Waals surface area contributed by atoms with Gasteiger partial charge in [0.15, 0.2) is 5.11 Å². The van der Waals surface area contributed by atoms with Gasteiger partial charge in [0.05, 0.1) is 24.9 Å². The first-order valence-corrected chi connectivity index (χ1v) is 8.29. The highest BCUT2D eigenvalue weighted by Gasteiger charge is 2.39. The summed E-state index contributed by atoms with van der Waals surface area (Å²) in [7, 11) is 1.41. The molecule has 3 rings (SSSR count). The highest BCUT2D eigenvalue weighted by atomic mass is 32.1. The van der Waals surface area contributed by atoms with E-state index in [0.29, 0.717) is 24.5 Å². The predicted molar refractivity (Wildman–Crippen MR) is 94.2 cm³/mol. The molecule has 0 saturated carbocycles. The lowest BCUT2D eigenvalue weighted by Crippen LogP contribution is -2.31. The van der Waals surface area contributed by atoms with E-state index in [9.17, 15) is 4.79 Å². The molecular formula is C17H20N4O2S. The number of aromatic nitrogens is 2. The number of carbonyl (C=O) groups is 1. The Morgan fingerprint density at radius 3 is 2.92 bits per heavy atom. The molecule has 0 aliphatic carbocycles. The molecule has 1 saturated heterocycles. The molecular weight excluding hydrogens is 324 g/mol. The van der Waals surface area contributed by atoms with Crippen LogP contribution in [0.25, 0.3) is 0 Å². The van der Waals surface area contributed by atoms with E-state index in [2.05, 4.69) is 20.2 Å². The van der Waals surface area contributed by atoms with Gasteiger partial charge in [-0.1, -0.05) is 6.07 Å². The molecule has 0 radical (unpaired) electrons. The minimum absolute atomic E-state index is 0.0139. The van der Waals surface area contributed by atoms with Crippen molar-refractivity contribution in [3.8, 4) is 0 Å². The summed E-state index contributed by atoms with van der Waals surface area (Å²) in [5, 5.41) is 4.05. The van der Waals surface area contributed by atoms with E-state index in [1.165, 1.54) is 7.11 Å². The van der Waals surface area contributed by atoms with Gasteiger partial charge in [-0.05, 0) is 42.9 Å². The van der Waals surface area contributed by atoms with Gasteiger partial charge in [-0.3, -0.25) is 9.78 Å². The molecule has 1 fully saturated rings. The fraction of sp³-hybridized carbons (Fsp3) is 0.353. The van der Waals surface area contributed by atoms with Crippen molar-refractivity contribution in [1.82, 2.24) is 20.2 Å². The quantitative estimate of drug-likeness (QED) is 0.619. The maximum atomic E-state index is 11.4. The minimum Gasteiger partial charge on any atom is -0.469 e. The van der Waals surface area contributed by atoms with Crippen molar-refractivity contribution >= 4 is 23.3 Å². The van der Waals surface area contributed by atoms with Crippen LogP contribution in [0.5, 0.6) is 0 Å². The highest BCUT2D eigenvalue weighted by molar-refractivity contribution is 7.80. The molecule has 0 aromatic carbocycles. The van der Waals surface area contributed by atoms with E-state index in [1.54, 1.807) is 6.20 Å². The standard InChI is InChI=1S/C17H20N4O2S/c1-23-14(22)8-5-11-21-16(13-7-4-10-19-13)15(20-17(21)24)12-6-2-3-9-18-12/h2-4,6-7,9-10,15-16,19H,5,8,11H2,1H3,(H,20,24). The second-order valence-electron chi connectivity index (χ2n) is 5.63. The number of rotatable bonds is 6. The molecule has 2 aromatic rings. The van der Waals surface area contributed by atoms with Crippen LogP contribution in [0.4, 0.5) is 0 Å². The summed E-state index contributed by atoms with van der Waals surface area (Å²) in [6.07, 6.45) is 4.74. The lowest BCUT2D eigenvalue weighted by molar-refractivity contribution is -0.140. The topological polar surface area (TPSA) is 70.2 Å². The van der Waals surface area contributed by atoms with Gasteiger partial charge in [0.25, 0.3) is 0 Å². The Bertz CT molecular complexity index is 690. The SMILES string of the molecule is COC(=O)CCCN1C(=S)NC(c2ccccn2)C1c1ccc[nH]1. The van der Waals surface area contributed by atoms with Crippen molar-refractivity contribution in [1.29, 1.82) is 0 Å². The maximum Gasteiger partial charge on any atom is 0.305 e. The summed E-state index contributed by atoms with van der Waals surface area (Å²) in [6, 6.07) is 9.86. The number of esters is 1. The average Bonchev–Trinajstić information content (AvgIpc) is 3.24. The zero-order valence-electron chi connectivity index (χ0n) is 13.4. The number of H-pyrrole nitrogens is 1. The number of pyridine rings is 1. The van der Waals surface area contributed by atoms with Crippen LogP contribution < -0.4 is 5.32 Å². The van der Waals surface area contributed by atoms with Crippen LogP contribution in [-0.2, 0) is 9.53 Å². The summed E-state index contributed by atoms with van der Waals surface area (Å²) in [5.41, 5.74) is 2.01. The van der Waals surface area contributed by atoms with Gasteiger partial charge in [-0.25, -0.2) is 0 Å². The van der Waals surface area contributed by atoms with Crippen molar-refractivity contribution in [3.63, 3.8) is 0 Å². The molecule has 3 heterocycles. The number of methoxy groups -OCH3 is 1. The van der Waals surface area contributed by atoms with Crippen LogP contribution in [0.3, 0.4) is 0 Å². The summed E-state index contributed by atoms with van der Waals surface area (Å²) in [6.45, 7) is 0.675. The number of thiocarbonyl (C=S) groups is 1. The Morgan fingerprint density at radius 1 is 1.38 bits per heavy atom. The minimum atomic E-state index is -0.203. The molecule has 24 heavy (non-hydrogen) atoms. The Labute approximate surface area is 146 Å². The monoisotopic (exact) mass is 344 g/mol. The number of nitrogens with one attached hydrogen (secondary N) is 2. The zero-order chi connectivity index (χ0) is 16.9. The fourth-order valence-electron chi connectivity index (χ4n) is 3.01. The molecule has 0 bridgehead atoms. The summed E-state index contributed by atoms with van der Waals surface area (Å²) >= 11 is 5.53. The molecule has 2 N–H and O–H groups in total. The van der Waals surface area contributed by atoms with Gasteiger partial charge in [-0.2, -0.15) is 0 Å². The molecule has 2 aromatic heterocycles. The van der Waals surface area contributed by atoms with Crippen molar-refractivity contribution < 1.29 is 9.53 Å². The lowest BCUT2D eigenvalue weighted by Gasteiger charge is -2.26. The van der Waals surface area contributed by atoms with Crippen LogP contribution in [-0.4, -0.2) is 39.6 Å². The van der Waals surface area contributed by atoms with Crippen LogP contribution in [0.15, 0.2) is 42.7 Å². The molecule has 0 spiro atoms. The highest BCUT2D eigenvalue weighted by Crippen LogP contribution is 2.37. The van der Waals surface area contributed by atoms with Crippen LogP contribution >= 0.6 is 12.2 Å². The summed E-state index contributed by atoms with van der Waals surface area (Å²) < 4.78 is 4.71. The summed E-state index contributed by atoms with van der Waals surface area (Å²) in [5.74, 6) is -0.203. The van der Waals surface area contributed by atoms with Crippen molar-refractivity contribution in [2.45, 2.75) is 24.9 Å². The van der Waals surface area contributed by atoms with Crippen molar-refractivity contribution in [2.75, 3.05) is 13.7 Å². The van der Waals surface area contributed by atoms with E-state index < -0.39 is 0 Å². The second kappa shape index (κ2) is 7.44. The smallest absolute Gasteiger partial charge is 0.305 e. The number of aromatic amines is 1. The third-order valence-electron chi connectivity index (χ3n) is 4.15. The molecule has 1 aliphatic rings. The Morgan fingerprint density at radius 2 is 2.25 bits per heavy atom. The number of hydrogen-bond donors (Lipinski definition) is 2. The fourth-order valence-corrected chi connectivity index (χ4v) is 3.34. The van der Waals surface area contributed by atoms with Gasteiger partial charge in [0, 0.05) is 31.1 Å². The largest absolute Gasteiger partial charge is 0.469 e. The molecule has 126 valence electrons. The first kappa shape index (κ1) is 16.4. The first-order valence-electron chi connectivity index (χ1n) is 7.89. The molecule has 2 unspecified atom stereocenters. The lowest BCUT2D eigenvalue weighted by atomic mass is 10.0. The van der Waals surface area contributed by atoms with Gasteiger partial charge in [-0.15, -0.1) is 0 Å². The summed E-state index contributed by atoms with van der Waals surface area (Å²) in [4.78, 5) is 21.2. The maximum absolute atomic E-state index is 11.4. The third kappa shape index (κ3) is 3.41. The van der Waals surface area contributed by atoms with Crippen LogP contribution in [0.2, 0.25) is 0 Å². The second-order valence-corrected chi connectivity index (χ2v) is 6.01. The first-order chi connectivity index (χ1) is 11.7. The van der Waals surface area contributed by atoms with Gasteiger partial charge in [0.2, 0.25) is 0 Å². The van der Waals surface area contributed by atoms with E-state index in [4.69, 9.17) is 17.0 Å². The Kier molecular flexibility index (Phi) is 5.10. The van der Waals surface area contributed by atoms with Crippen molar-refractivity contribution in [2.24, 2.45) is 0 Å². The normalized spacial score (nSPS) is 20.0. The van der Waals surface area contributed by atoms with Gasteiger partial charge in [0.1, 0.15) is 0 Å². The Hall–Kier alpha value is -2.41. The predicted octanol–water partition coefficient (Wildman–Crippen LogP) is 2.34. The number of carbonyl (C=O) groups excluding carboxylic acids is 1. The molecule has 1 aliphatic heterocycles. The molecule has 0 amide bonds. The van der Waals surface area contributed by atoms with E-state index >= 15 is 0 Å². The van der Waals surface area contributed by atoms with E-state index in [0.717, 1.165) is 11.4 Å². The average molecular weight is 344 g/mol. The van der Waals surface area contributed by atoms with E-state index in [-0.39, 0.29) is 18.1 Å². The molecule has 2 atom stereocenters. The number of ether oxygens (including phenoxy) is 1.